The van der Waals surface area contributed by atoms with Crippen LogP contribution in [0.15, 0.2) is 53.4 Å². The summed E-state index contributed by atoms with van der Waals surface area (Å²) in [6.07, 6.45) is 0. The molecule has 0 heterocycles. The van der Waals surface area contributed by atoms with E-state index in [0.717, 1.165) is 9.98 Å². The van der Waals surface area contributed by atoms with Crippen molar-refractivity contribution < 1.29 is 14.3 Å². The number of hydrogen-bond donors (Lipinski definition) is 2. The minimum Gasteiger partial charge on any atom is -0.386 e. The van der Waals surface area contributed by atoms with Gasteiger partial charge in [0.05, 0.1) is 10.6 Å². The van der Waals surface area contributed by atoms with Gasteiger partial charge in [-0.3, -0.25) is 0 Å². The highest BCUT2D eigenvalue weighted by atomic mass is 32.2. The smallest absolute Gasteiger partial charge is 0.304 e. The molecule has 0 fully saturated rings. The Hall–Kier alpha value is -2.05. The topological polar surface area (TPSA) is 77.0 Å². The molecule has 0 amide bonds. The Morgan fingerprint density at radius 1 is 1.10 bits per heavy atom. The first-order chi connectivity index (χ1) is 9.46. The van der Waals surface area contributed by atoms with Crippen LogP contribution < -0.4 is 15.6 Å². The van der Waals surface area contributed by atoms with E-state index in [2.05, 4.69) is 11.2 Å². The highest BCUT2D eigenvalue weighted by molar-refractivity contribution is 7.92. The molecule has 0 saturated heterocycles. The van der Waals surface area contributed by atoms with Crippen LogP contribution in [0.5, 0.6) is 0 Å². The minimum absolute atomic E-state index is 0.221. The van der Waals surface area contributed by atoms with E-state index in [9.17, 15) is 8.42 Å². The Morgan fingerprint density at radius 3 is 2.35 bits per heavy atom. The number of nitrogens with one attached hydrogen (secondary N) is 1. The van der Waals surface area contributed by atoms with Gasteiger partial charge >= 0.3 is 10.0 Å². The SMILES string of the molecule is CNc1ccc(C)cc1N([NH3+])S(=O)(=O)c1ccccc1. The van der Waals surface area contributed by atoms with Crippen LogP contribution in [0.4, 0.5) is 11.4 Å². The third-order valence-corrected chi connectivity index (χ3v) is 4.67. The molecular formula is C14H18N3O2S+. The Morgan fingerprint density at radius 2 is 1.75 bits per heavy atom. The average molecular weight is 292 g/mol. The number of aryl methyl sites for hydroxylation is 1. The summed E-state index contributed by atoms with van der Waals surface area (Å²) in [5.74, 6) is 3.71. The molecule has 0 unspecified atom stereocenters. The van der Waals surface area contributed by atoms with Crippen molar-refractivity contribution in [2.75, 3.05) is 16.8 Å². The maximum Gasteiger partial charge on any atom is 0.304 e. The highest BCUT2D eigenvalue weighted by Gasteiger charge is 2.26. The molecule has 2 aromatic rings. The molecule has 106 valence electrons. The molecule has 0 aliphatic heterocycles. The molecule has 0 spiro atoms. The standard InChI is InChI=1S/C14H17N3O2S/c1-11-8-9-13(16-2)14(10-11)17(15)20(18,19)12-6-4-3-5-7-12/h3-10,16H,15H2,1-2H3/p+1. The second-order valence-corrected chi connectivity index (χ2v) is 6.30. The van der Waals surface area contributed by atoms with Gasteiger partial charge in [-0.2, -0.15) is 8.42 Å². The predicted octanol–water partition coefficient (Wildman–Crippen LogP) is 1.39. The fourth-order valence-corrected chi connectivity index (χ4v) is 3.07. The van der Waals surface area contributed by atoms with Crippen LogP contribution >= 0.6 is 0 Å². The average Bonchev–Trinajstić information content (AvgIpc) is 2.47. The minimum atomic E-state index is -3.66. The zero-order valence-electron chi connectivity index (χ0n) is 11.5. The molecular weight excluding hydrogens is 274 g/mol. The van der Waals surface area contributed by atoms with Crippen LogP contribution in [0, 0.1) is 6.92 Å². The summed E-state index contributed by atoms with van der Waals surface area (Å²) in [6, 6.07) is 13.8. The molecule has 0 atom stereocenters. The number of rotatable bonds is 4. The first kappa shape index (κ1) is 14.4. The number of nitrogens with zero attached hydrogens (tertiary/aromatic N) is 1. The van der Waals surface area contributed by atoms with E-state index in [4.69, 9.17) is 0 Å². The van der Waals surface area contributed by atoms with E-state index >= 15 is 0 Å². The third kappa shape index (κ3) is 2.61. The molecule has 2 rings (SSSR count). The second-order valence-electron chi connectivity index (χ2n) is 4.44. The van der Waals surface area contributed by atoms with Gasteiger partial charge in [0, 0.05) is 7.05 Å². The first-order valence-corrected chi connectivity index (χ1v) is 7.60. The van der Waals surface area contributed by atoms with Crippen molar-refractivity contribution in [3.63, 3.8) is 0 Å². The van der Waals surface area contributed by atoms with Gasteiger partial charge in [0.15, 0.2) is 0 Å². The summed E-state index contributed by atoms with van der Waals surface area (Å²) >= 11 is 0. The van der Waals surface area contributed by atoms with Crippen LogP contribution in [0.2, 0.25) is 0 Å². The van der Waals surface area contributed by atoms with Crippen LogP contribution in [0.1, 0.15) is 5.56 Å². The number of hydrogen-bond acceptors (Lipinski definition) is 3. The molecule has 0 bridgehead atoms. The van der Waals surface area contributed by atoms with Crippen molar-refractivity contribution in [1.82, 2.24) is 0 Å². The van der Waals surface area contributed by atoms with Crippen molar-refractivity contribution in [2.45, 2.75) is 11.8 Å². The molecule has 0 aromatic heterocycles. The van der Waals surface area contributed by atoms with Crippen molar-refractivity contribution in [3.8, 4) is 0 Å². The molecule has 6 heteroatoms. The van der Waals surface area contributed by atoms with Crippen molar-refractivity contribution >= 4 is 21.4 Å². The largest absolute Gasteiger partial charge is 0.386 e. The van der Waals surface area contributed by atoms with Gasteiger partial charge in [0.1, 0.15) is 5.69 Å². The molecule has 0 aliphatic carbocycles. The van der Waals surface area contributed by atoms with Gasteiger partial charge in [-0.05, 0) is 36.8 Å². The van der Waals surface area contributed by atoms with Crippen LogP contribution in [-0.2, 0) is 10.0 Å². The zero-order valence-corrected chi connectivity index (χ0v) is 12.3. The first-order valence-electron chi connectivity index (χ1n) is 6.16. The Labute approximate surface area is 119 Å². The van der Waals surface area contributed by atoms with E-state index in [1.54, 1.807) is 43.4 Å². The monoisotopic (exact) mass is 292 g/mol. The fourth-order valence-electron chi connectivity index (χ4n) is 1.91. The van der Waals surface area contributed by atoms with E-state index in [1.165, 1.54) is 0 Å². The van der Waals surface area contributed by atoms with Crippen LogP contribution in [0.3, 0.4) is 0 Å². The normalized spacial score (nSPS) is 11.2. The predicted molar refractivity (Wildman–Crippen MR) is 79.7 cm³/mol. The van der Waals surface area contributed by atoms with Crippen molar-refractivity contribution in [2.24, 2.45) is 0 Å². The van der Waals surface area contributed by atoms with Crippen LogP contribution in [0.25, 0.3) is 0 Å². The van der Waals surface area contributed by atoms with Crippen molar-refractivity contribution in [3.05, 3.63) is 54.1 Å². The highest BCUT2D eigenvalue weighted by Crippen LogP contribution is 2.28. The van der Waals surface area contributed by atoms with E-state index < -0.39 is 10.0 Å². The molecule has 0 aliphatic rings. The second kappa shape index (κ2) is 5.52. The summed E-state index contributed by atoms with van der Waals surface area (Å²) in [7, 11) is -1.91. The Balaban J connectivity index is 2.51. The molecule has 20 heavy (non-hydrogen) atoms. The third-order valence-electron chi connectivity index (χ3n) is 3.02. The summed E-state index contributed by atoms with van der Waals surface area (Å²) < 4.78 is 26.2. The van der Waals surface area contributed by atoms with Crippen molar-refractivity contribution in [1.29, 1.82) is 0 Å². The quantitative estimate of drug-likeness (QED) is 0.836. The van der Waals surface area contributed by atoms with Gasteiger partial charge in [0.2, 0.25) is 0 Å². The number of quaternary nitrogens is 1. The molecule has 4 N–H and O–H groups in total. The lowest BCUT2D eigenvalue weighted by molar-refractivity contribution is -0.360. The zero-order chi connectivity index (χ0) is 14.8. The molecule has 5 nitrogen and oxygen atoms in total. The summed E-state index contributed by atoms with van der Waals surface area (Å²) in [5, 5.41) is 2.98. The van der Waals surface area contributed by atoms with Gasteiger partial charge < -0.3 is 5.32 Å². The summed E-state index contributed by atoms with van der Waals surface area (Å²) in [6.45, 7) is 1.91. The summed E-state index contributed by atoms with van der Waals surface area (Å²) in [5.41, 5.74) is 2.21. The summed E-state index contributed by atoms with van der Waals surface area (Å²) in [4.78, 5) is 0.221. The lowest BCUT2D eigenvalue weighted by Crippen LogP contribution is -2.70. The lowest BCUT2D eigenvalue weighted by Gasteiger charge is -2.18. The Bertz CT molecular complexity index is 700. The van der Waals surface area contributed by atoms with Crippen LogP contribution in [-0.4, -0.2) is 15.5 Å². The molecule has 2 aromatic carbocycles. The number of anilines is 2. The molecule has 0 radical (unpaired) electrons. The fraction of sp³-hybridized carbons (Fsp3) is 0.143. The van der Waals surface area contributed by atoms with Gasteiger partial charge in [-0.15, -0.1) is 4.41 Å². The Kier molecular flexibility index (Phi) is 3.96. The van der Waals surface area contributed by atoms with Gasteiger partial charge in [0.25, 0.3) is 0 Å². The van der Waals surface area contributed by atoms with E-state index in [0.29, 0.717) is 11.4 Å². The van der Waals surface area contributed by atoms with Gasteiger partial charge in [-0.25, -0.2) is 5.84 Å². The maximum absolute atomic E-state index is 12.5. The van der Waals surface area contributed by atoms with E-state index in [1.807, 2.05) is 19.1 Å². The maximum atomic E-state index is 12.5. The van der Waals surface area contributed by atoms with Gasteiger partial charge in [-0.1, -0.05) is 24.3 Å². The van der Waals surface area contributed by atoms with E-state index in [-0.39, 0.29) is 4.90 Å². The lowest BCUT2D eigenvalue weighted by atomic mass is 10.2. The molecule has 0 saturated carbocycles. The number of benzene rings is 2. The number of sulfonamides is 1.